The van der Waals surface area contributed by atoms with Gasteiger partial charge in [0.2, 0.25) is 0 Å². The van der Waals surface area contributed by atoms with Gasteiger partial charge >= 0.3 is 0 Å². The molecule has 0 radical (unpaired) electrons. The normalized spacial score (nSPS) is 15.4. The summed E-state index contributed by atoms with van der Waals surface area (Å²) in [5.74, 6) is 2.26. The summed E-state index contributed by atoms with van der Waals surface area (Å²) in [5.41, 5.74) is 2.29. The second-order valence-corrected chi connectivity index (χ2v) is 9.25. The first-order chi connectivity index (χ1) is 16.7. The molecule has 3 aromatic carbocycles. The van der Waals surface area contributed by atoms with E-state index in [1.807, 2.05) is 66.7 Å². The van der Waals surface area contributed by atoms with Gasteiger partial charge in [0.25, 0.3) is 0 Å². The molecule has 2 heterocycles. The maximum absolute atomic E-state index is 13.8. The van der Waals surface area contributed by atoms with Gasteiger partial charge in [0.1, 0.15) is 23.9 Å². The minimum absolute atomic E-state index is 0.0205. The fraction of sp³-hybridized carbons (Fsp3) is 0.250. The lowest BCUT2D eigenvalue weighted by Crippen LogP contribution is -2.16. The number of hydrogen-bond donors (Lipinski definition) is 0. The van der Waals surface area contributed by atoms with E-state index >= 15 is 0 Å². The van der Waals surface area contributed by atoms with E-state index in [1.54, 1.807) is 25.6 Å². The Kier molecular flexibility index (Phi) is 6.52. The number of hydrogen-bond acceptors (Lipinski definition) is 6. The molecule has 5 nitrogen and oxygen atoms in total. The number of carbonyl (C=O) groups is 1. The zero-order valence-electron chi connectivity index (χ0n) is 19.2. The molecule has 4 aromatic rings. The van der Waals surface area contributed by atoms with Crippen LogP contribution in [0.15, 0.2) is 66.7 Å². The summed E-state index contributed by atoms with van der Waals surface area (Å²) < 4.78 is 23.2. The molecule has 1 aromatic heterocycles. The number of ketones is 1. The third-order valence-corrected chi connectivity index (χ3v) is 7.25. The summed E-state index contributed by atoms with van der Waals surface area (Å²) in [7, 11) is 3.29. The molecule has 34 heavy (non-hydrogen) atoms. The zero-order chi connectivity index (χ0) is 23.5. The van der Waals surface area contributed by atoms with Crippen molar-refractivity contribution in [2.24, 2.45) is 0 Å². The molecule has 174 valence electrons. The molecular formula is C28H26O5S. The Hall–Kier alpha value is -3.35. The van der Waals surface area contributed by atoms with Crippen LogP contribution >= 0.6 is 11.3 Å². The maximum atomic E-state index is 13.8. The van der Waals surface area contributed by atoms with Gasteiger partial charge in [-0.15, -0.1) is 11.3 Å². The molecule has 1 aliphatic rings. The van der Waals surface area contributed by atoms with E-state index in [4.69, 9.17) is 18.9 Å². The van der Waals surface area contributed by atoms with Crippen molar-refractivity contribution >= 4 is 27.2 Å². The van der Waals surface area contributed by atoms with Gasteiger partial charge in [0, 0.05) is 32.7 Å². The molecule has 0 amide bonds. The van der Waals surface area contributed by atoms with E-state index in [-0.39, 0.29) is 11.9 Å². The molecule has 0 saturated carbocycles. The summed E-state index contributed by atoms with van der Waals surface area (Å²) in [6, 6.07) is 21.0. The fourth-order valence-electron chi connectivity index (χ4n) is 4.19. The Morgan fingerprint density at radius 2 is 1.65 bits per heavy atom. The van der Waals surface area contributed by atoms with Gasteiger partial charge in [-0.3, -0.25) is 4.79 Å². The second-order valence-electron chi connectivity index (χ2n) is 8.20. The predicted molar refractivity (Wildman–Crippen MR) is 135 cm³/mol. The average Bonchev–Trinajstić information content (AvgIpc) is 3.55. The topological polar surface area (TPSA) is 54.0 Å². The van der Waals surface area contributed by atoms with Crippen LogP contribution < -0.4 is 14.2 Å². The lowest BCUT2D eigenvalue weighted by atomic mass is 9.97. The number of thiophene rings is 1. The van der Waals surface area contributed by atoms with Crippen molar-refractivity contribution in [1.29, 1.82) is 0 Å². The first kappa shape index (κ1) is 22.4. The number of carbonyl (C=O) groups excluding carboxylic acids is 1. The Balaban J connectivity index is 1.48. The summed E-state index contributed by atoms with van der Waals surface area (Å²) in [4.78, 5) is 14.7. The summed E-state index contributed by atoms with van der Waals surface area (Å²) in [6.07, 6.45) is 2.27. The summed E-state index contributed by atoms with van der Waals surface area (Å²) in [5, 5.41) is 0.917. The molecule has 1 saturated heterocycles. The van der Waals surface area contributed by atoms with Gasteiger partial charge in [0.15, 0.2) is 5.78 Å². The summed E-state index contributed by atoms with van der Waals surface area (Å²) >= 11 is 1.59. The highest BCUT2D eigenvalue weighted by Gasteiger charge is 2.22. The molecule has 1 unspecified atom stereocenters. The first-order valence-corrected chi connectivity index (χ1v) is 12.1. The first-order valence-electron chi connectivity index (χ1n) is 11.3. The number of ether oxygens (including phenoxy) is 4. The number of rotatable bonds is 8. The molecule has 0 N–H and O–H groups in total. The molecule has 1 atom stereocenters. The van der Waals surface area contributed by atoms with Gasteiger partial charge in [0.05, 0.1) is 20.3 Å². The van der Waals surface area contributed by atoms with Crippen LogP contribution in [0, 0.1) is 0 Å². The van der Waals surface area contributed by atoms with Gasteiger partial charge in [-0.25, -0.2) is 0 Å². The van der Waals surface area contributed by atoms with Crippen molar-refractivity contribution in [3.05, 3.63) is 77.9 Å². The van der Waals surface area contributed by atoms with E-state index in [1.165, 1.54) is 0 Å². The van der Waals surface area contributed by atoms with Gasteiger partial charge < -0.3 is 18.9 Å². The van der Waals surface area contributed by atoms with Crippen LogP contribution in [0.4, 0.5) is 0 Å². The molecule has 1 fully saturated rings. The van der Waals surface area contributed by atoms with Crippen LogP contribution in [-0.4, -0.2) is 39.3 Å². The van der Waals surface area contributed by atoms with Crippen LogP contribution in [-0.2, 0) is 4.74 Å². The molecule has 0 spiro atoms. The Bertz CT molecular complexity index is 1290. The van der Waals surface area contributed by atoms with Crippen LogP contribution in [0.1, 0.15) is 28.8 Å². The second kappa shape index (κ2) is 9.87. The fourth-order valence-corrected chi connectivity index (χ4v) is 5.42. The van der Waals surface area contributed by atoms with Crippen molar-refractivity contribution in [2.75, 3.05) is 27.4 Å². The highest BCUT2D eigenvalue weighted by atomic mass is 32.1. The Morgan fingerprint density at radius 3 is 2.32 bits per heavy atom. The smallest absolute Gasteiger partial charge is 0.195 e. The van der Waals surface area contributed by atoms with Crippen LogP contribution in [0.25, 0.3) is 20.5 Å². The lowest BCUT2D eigenvalue weighted by Gasteiger charge is -2.12. The van der Waals surface area contributed by atoms with E-state index in [0.717, 1.165) is 57.2 Å². The zero-order valence-corrected chi connectivity index (χ0v) is 20.0. The minimum Gasteiger partial charge on any atom is -0.497 e. The average molecular weight is 475 g/mol. The number of fused-ring (bicyclic) bond motifs is 1. The van der Waals surface area contributed by atoms with Crippen molar-refractivity contribution in [2.45, 2.75) is 18.9 Å². The largest absolute Gasteiger partial charge is 0.497 e. The van der Waals surface area contributed by atoms with Gasteiger partial charge in [-0.2, -0.15) is 0 Å². The lowest BCUT2D eigenvalue weighted by molar-refractivity contribution is 0.0679. The quantitative estimate of drug-likeness (QED) is 0.278. The van der Waals surface area contributed by atoms with E-state index in [0.29, 0.717) is 17.7 Å². The SMILES string of the molecule is COc1ccc(-c2sc3cc(OC)ccc3c2C(=O)c2ccc(OCC3CCCO3)cc2)cc1. The number of methoxy groups -OCH3 is 2. The highest BCUT2D eigenvalue weighted by Crippen LogP contribution is 2.41. The predicted octanol–water partition coefficient (Wildman–Crippen LogP) is 6.37. The van der Waals surface area contributed by atoms with Crippen LogP contribution in [0.2, 0.25) is 0 Å². The molecule has 0 bridgehead atoms. The van der Waals surface area contributed by atoms with Crippen LogP contribution in [0.5, 0.6) is 17.2 Å². The highest BCUT2D eigenvalue weighted by molar-refractivity contribution is 7.22. The molecule has 5 rings (SSSR count). The Morgan fingerprint density at radius 1 is 0.941 bits per heavy atom. The number of benzene rings is 3. The molecule has 6 heteroatoms. The van der Waals surface area contributed by atoms with Crippen molar-refractivity contribution in [3.63, 3.8) is 0 Å². The van der Waals surface area contributed by atoms with Crippen molar-refractivity contribution < 1.29 is 23.7 Å². The molecule has 1 aliphatic heterocycles. The van der Waals surface area contributed by atoms with E-state index < -0.39 is 0 Å². The Labute approximate surface area is 202 Å². The third kappa shape index (κ3) is 4.52. The standard InChI is InChI=1S/C28H26O5S/c1-30-20-9-7-19(8-10-20)28-26(24-14-13-22(31-2)16-25(24)34-28)27(29)18-5-11-21(12-6-18)33-17-23-4-3-15-32-23/h5-14,16,23H,3-4,15,17H2,1-2H3. The summed E-state index contributed by atoms with van der Waals surface area (Å²) in [6.45, 7) is 1.34. The molecule has 0 aliphatic carbocycles. The monoisotopic (exact) mass is 474 g/mol. The van der Waals surface area contributed by atoms with E-state index in [2.05, 4.69) is 0 Å². The van der Waals surface area contributed by atoms with Crippen molar-refractivity contribution in [1.82, 2.24) is 0 Å². The van der Waals surface area contributed by atoms with Gasteiger partial charge in [-0.05, 0) is 85.1 Å². The molecular weight excluding hydrogens is 448 g/mol. The van der Waals surface area contributed by atoms with Gasteiger partial charge in [-0.1, -0.05) is 0 Å². The maximum Gasteiger partial charge on any atom is 0.195 e. The van der Waals surface area contributed by atoms with E-state index in [9.17, 15) is 4.79 Å². The third-order valence-electron chi connectivity index (χ3n) is 6.05. The van der Waals surface area contributed by atoms with Crippen molar-refractivity contribution in [3.8, 4) is 27.7 Å². The minimum atomic E-state index is -0.0205. The van der Waals surface area contributed by atoms with Crippen LogP contribution in [0.3, 0.4) is 0 Å².